The van der Waals surface area contributed by atoms with Crippen LogP contribution in [-0.4, -0.2) is 42.3 Å². The highest BCUT2D eigenvalue weighted by atomic mass is 16.5. The highest BCUT2D eigenvalue weighted by Crippen LogP contribution is 2.46. The number of hydrogen-bond donors (Lipinski definition) is 2. The Morgan fingerprint density at radius 2 is 1.72 bits per heavy atom. The van der Waals surface area contributed by atoms with Gasteiger partial charge in [0.05, 0.1) is 18.8 Å². The van der Waals surface area contributed by atoms with Gasteiger partial charge in [0.25, 0.3) is 5.91 Å². The number of phenols is 1. The van der Waals surface area contributed by atoms with E-state index in [-0.39, 0.29) is 28.1 Å². The molecule has 2 aromatic carbocycles. The zero-order valence-corrected chi connectivity index (χ0v) is 19.5. The van der Waals surface area contributed by atoms with Crippen LogP contribution in [0.3, 0.4) is 0 Å². The Morgan fingerprint density at radius 1 is 1.03 bits per heavy atom. The van der Waals surface area contributed by atoms with Crippen LogP contribution in [0.25, 0.3) is 0 Å². The van der Waals surface area contributed by atoms with E-state index in [0.29, 0.717) is 38.7 Å². The molecule has 6 heteroatoms. The van der Waals surface area contributed by atoms with Gasteiger partial charge in [-0.1, -0.05) is 45.9 Å². The van der Waals surface area contributed by atoms with Crippen molar-refractivity contribution < 1.29 is 19.4 Å². The van der Waals surface area contributed by atoms with Gasteiger partial charge in [-0.15, -0.1) is 0 Å². The number of nitrogens with one attached hydrogen (secondary N) is 1. The number of carbonyl (C=O) groups is 1. The molecule has 2 N–H and O–H groups in total. The van der Waals surface area contributed by atoms with Crippen LogP contribution in [-0.2, 0) is 22.2 Å². The Labute approximate surface area is 190 Å². The lowest BCUT2D eigenvalue weighted by Crippen LogP contribution is -2.48. The number of carbonyl (C=O) groups excluding carboxylic acids is 1. The molecule has 0 atom stereocenters. The van der Waals surface area contributed by atoms with E-state index in [1.165, 1.54) is 30.0 Å². The maximum atomic E-state index is 12.5. The summed E-state index contributed by atoms with van der Waals surface area (Å²) in [5.74, 6) is 0.0970. The zero-order chi connectivity index (χ0) is 22.9. The number of phenolic OH excluding ortho intramolecular Hbond substituents is 1. The number of rotatable bonds is 5. The van der Waals surface area contributed by atoms with Crippen LogP contribution < -0.4 is 10.2 Å². The summed E-state index contributed by atoms with van der Waals surface area (Å²) in [5.41, 5.74) is 7.29. The monoisotopic (exact) mass is 438 g/mol. The van der Waals surface area contributed by atoms with Crippen molar-refractivity contribution in [3.05, 3.63) is 58.7 Å². The first kappa shape index (κ1) is 22.6. The van der Waals surface area contributed by atoms with Crippen LogP contribution in [0.2, 0.25) is 0 Å². The number of nitrogens with zero attached hydrogens (tertiary/aromatic N) is 1. The third-order valence-corrected chi connectivity index (χ3v) is 6.81. The van der Waals surface area contributed by atoms with E-state index in [2.05, 4.69) is 51.3 Å². The molecule has 0 bridgehead atoms. The number of ether oxygens (including phenoxy) is 2. The van der Waals surface area contributed by atoms with Crippen LogP contribution in [0, 0.1) is 0 Å². The van der Waals surface area contributed by atoms with Crippen molar-refractivity contribution >= 4 is 5.91 Å². The van der Waals surface area contributed by atoms with Crippen molar-refractivity contribution in [3.63, 3.8) is 0 Å². The smallest absolute Gasteiger partial charge is 0.269 e. The first-order valence-corrected chi connectivity index (χ1v) is 11.4. The van der Waals surface area contributed by atoms with Crippen LogP contribution in [0.15, 0.2) is 36.4 Å². The summed E-state index contributed by atoms with van der Waals surface area (Å²) in [5, 5.41) is 12.2. The number of fused-ring (bicyclic) bond motifs is 1. The second-order valence-corrected chi connectivity index (χ2v) is 10.2. The normalized spacial score (nSPS) is 19.8. The van der Waals surface area contributed by atoms with E-state index in [4.69, 9.17) is 9.47 Å². The predicted octanol–water partition coefficient (Wildman–Crippen LogP) is 4.30. The van der Waals surface area contributed by atoms with Crippen molar-refractivity contribution in [2.24, 2.45) is 0 Å². The number of amides is 1. The fourth-order valence-electron chi connectivity index (χ4n) is 4.56. The molecule has 172 valence electrons. The Morgan fingerprint density at radius 3 is 2.41 bits per heavy atom. The molecule has 1 aliphatic carbocycles. The molecule has 0 radical (unpaired) electrons. The van der Waals surface area contributed by atoms with E-state index in [0.717, 1.165) is 5.56 Å². The second-order valence-electron chi connectivity index (χ2n) is 10.2. The van der Waals surface area contributed by atoms with E-state index in [1.807, 2.05) is 0 Å². The minimum atomic E-state index is -0.338. The molecule has 2 aliphatic rings. The van der Waals surface area contributed by atoms with Gasteiger partial charge >= 0.3 is 0 Å². The maximum Gasteiger partial charge on any atom is 0.269 e. The van der Waals surface area contributed by atoms with Crippen LogP contribution in [0.4, 0.5) is 0 Å². The standard InChI is InChI=1S/C26H34N2O4/c1-25(2)9-10-26(3,4)22-15-18(5-8-21(22)25)17-32-19-6-7-20(23(29)16-19)24(30)27-28-11-13-31-14-12-28/h5-8,15-16,29H,9-14,17H2,1-4H3,(H,27,30). The minimum Gasteiger partial charge on any atom is -0.507 e. The number of morpholine rings is 1. The van der Waals surface area contributed by atoms with E-state index in [1.54, 1.807) is 17.1 Å². The molecule has 1 fully saturated rings. The first-order chi connectivity index (χ1) is 15.2. The third-order valence-electron chi connectivity index (χ3n) is 6.81. The number of aromatic hydroxyl groups is 1. The number of hydrogen-bond acceptors (Lipinski definition) is 5. The van der Waals surface area contributed by atoms with Gasteiger partial charge in [-0.3, -0.25) is 10.2 Å². The van der Waals surface area contributed by atoms with Crippen LogP contribution in [0.1, 0.15) is 67.6 Å². The van der Waals surface area contributed by atoms with Crippen LogP contribution >= 0.6 is 0 Å². The van der Waals surface area contributed by atoms with Gasteiger partial charge in [0.1, 0.15) is 18.1 Å². The van der Waals surface area contributed by atoms with Crippen LogP contribution in [0.5, 0.6) is 11.5 Å². The third kappa shape index (κ3) is 4.76. The first-order valence-electron chi connectivity index (χ1n) is 11.4. The molecule has 0 saturated carbocycles. The quantitative estimate of drug-likeness (QED) is 0.728. The second kappa shape index (κ2) is 8.75. The largest absolute Gasteiger partial charge is 0.507 e. The van der Waals surface area contributed by atoms with Gasteiger partial charge in [0.15, 0.2) is 0 Å². The number of hydrazine groups is 1. The molecule has 4 rings (SSSR count). The van der Waals surface area contributed by atoms with E-state index >= 15 is 0 Å². The summed E-state index contributed by atoms with van der Waals surface area (Å²) in [6, 6.07) is 11.5. The number of benzene rings is 2. The summed E-state index contributed by atoms with van der Waals surface area (Å²) in [6.45, 7) is 12.1. The van der Waals surface area contributed by atoms with Gasteiger partial charge < -0.3 is 14.6 Å². The molecule has 0 aromatic heterocycles. The van der Waals surface area contributed by atoms with Gasteiger partial charge in [-0.2, -0.15) is 0 Å². The lowest BCUT2D eigenvalue weighted by Gasteiger charge is -2.42. The van der Waals surface area contributed by atoms with Crippen molar-refractivity contribution in [1.82, 2.24) is 10.4 Å². The van der Waals surface area contributed by atoms with Gasteiger partial charge in [-0.25, -0.2) is 5.01 Å². The van der Waals surface area contributed by atoms with Gasteiger partial charge in [0.2, 0.25) is 0 Å². The molecule has 2 aromatic rings. The highest BCUT2D eigenvalue weighted by molar-refractivity contribution is 5.96. The van der Waals surface area contributed by atoms with Crippen molar-refractivity contribution in [1.29, 1.82) is 0 Å². The average molecular weight is 439 g/mol. The lowest BCUT2D eigenvalue weighted by molar-refractivity contribution is 0.0125. The average Bonchev–Trinajstić information content (AvgIpc) is 2.76. The SMILES string of the molecule is CC1(C)CCC(C)(C)c2cc(COc3ccc(C(=O)NN4CCOCC4)c(O)c3)ccc21. The maximum absolute atomic E-state index is 12.5. The van der Waals surface area contributed by atoms with Crippen molar-refractivity contribution in [2.45, 2.75) is 58.0 Å². The molecule has 6 nitrogen and oxygen atoms in total. The fraction of sp³-hybridized carbons (Fsp3) is 0.500. The summed E-state index contributed by atoms with van der Waals surface area (Å²) in [6.07, 6.45) is 2.35. The molecule has 0 spiro atoms. The summed E-state index contributed by atoms with van der Waals surface area (Å²) < 4.78 is 11.2. The topological polar surface area (TPSA) is 71.0 Å². The molecule has 1 aliphatic heterocycles. The van der Waals surface area contributed by atoms with Gasteiger partial charge in [0, 0.05) is 19.2 Å². The molecule has 1 amide bonds. The molecule has 1 saturated heterocycles. The Bertz CT molecular complexity index is 993. The summed E-state index contributed by atoms with van der Waals surface area (Å²) in [7, 11) is 0. The lowest BCUT2D eigenvalue weighted by atomic mass is 9.63. The van der Waals surface area contributed by atoms with E-state index < -0.39 is 0 Å². The Kier molecular flexibility index (Phi) is 6.19. The molecule has 0 unspecified atom stereocenters. The molecular formula is C26H34N2O4. The minimum absolute atomic E-state index is 0.0958. The fourth-order valence-corrected chi connectivity index (χ4v) is 4.56. The van der Waals surface area contributed by atoms with Gasteiger partial charge in [-0.05, 0) is 52.5 Å². The highest BCUT2D eigenvalue weighted by Gasteiger charge is 2.36. The molecule has 1 heterocycles. The Hall–Kier alpha value is -2.57. The predicted molar refractivity (Wildman–Crippen MR) is 124 cm³/mol. The van der Waals surface area contributed by atoms with Crippen molar-refractivity contribution in [3.8, 4) is 11.5 Å². The summed E-state index contributed by atoms with van der Waals surface area (Å²) in [4.78, 5) is 12.5. The molecule has 32 heavy (non-hydrogen) atoms. The van der Waals surface area contributed by atoms with E-state index in [9.17, 15) is 9.90 Å². The molecular weight excluding hydrogens is 404 g/mol. The Balaban J connectivity index is 1.43. The van der Waals surface area contributed by atoms with Crippen molar-refractivity contribution in [2.75, 3.05) is 26.3 Å². The zero-order valence-electron chi connectivity index (χ0n) is 19.5. The summed E-state index contributed by atoms with van der Waals surface area (Å²) >= 11 is 0.